The molecule has 0 bridgehead atoms. The zero-order valence-electron chi connectivity index (χ0n) is 25.4. The number of ether oxygens (including phenoxy) is 1. The van der Waals surface area contributed by atoms with Crippen LogP contribution in [0.5, 0.6) is 5.75 Å². The Morgan fingerprint density at radius 3 is 2.64 bits per heavy atom. The quantitative estimate of drug-likeness (QED) is 0.213. The molecule has 0 atom stereocenters. The zero-order chi connectivity index (χ0) is 31.7. The number of rotatable bonds is 11. The Balaban J connectivity index is 1.07. The van der Waals surface area contributed by atoms with Gasteiger partial charge in [-0.3, -0.25) is 18.8 Å². The molecule has 0 spiro atoms. The van der Waals surface area contributed by atoms with E-state index in [1.807, 2.05) is 23.9 Å². The monoisotopic (exact) mass is 621 g/mol. The first-order valence-corrected chi connectivity index (χ1v) is 14.7. The number of nitrogens with zero attached hydrogens (tertiary/aromatic N) is 9. The molecule has 15 nitrogen and oxygen atoms in total. The molecule has 5 heterocycles. The molecule has 5 aromatic rings. The first-order chi connectivity index (χ1) is 21.7. The van der Waals surface area contributed by atoms with Crippen molar-refractivity contribution >= 4 is 34.4 Å². The average molecular weight is 622 g/mol. The van der Waals surface area contributed by atoms with Crippen molar-refractivity contribution in [2.24, 2.45) is 7.05 Å². The first-order valence-electron chi connectivity index (χ1n) is 14.7. The number of anilines is 2. The molecule has 0 saturated carbocycles. The molecule has 45 heavy (non-hydrogen) atoms. The fraction of sp³-hybridized carbons (Fsp3) is 0.414. The number of carbonyl (C=O) groups excluding carboxylic acids is 1. The SMILES string of the molecule is CN(C)CCNC(=O)COc1ccc(N2CCN(CCn3c(=O)n(C)c4c3nc(N)n3nc(-c5ccco5)nc43)CC2)c(F)c1. The number of likely N-dealkylation sites (N-methyl/N-ethyl adjacent to an activating group) is 1. The van der Waals surface area contributed by atoms with Crippen LogP contribution in [0.3, 0.4) is 0 Å². The molecular formula is C29H36FN11O4. The minimum Gasteiger partial charge on any atom is -0.484 e. The largest absolute Gasteiger partial charge is 0.484 e. The van der Waals surface area contributed by atoms with Crippen molar-refractivity contribution in [2.75, 3.05) is 77.1 Å². The van der Waals surface area contributed by atoms with Crippen LogP contribution in [-0.4, -0.2) is 111 Å². The minimum atomic E-state index is -0.407. The standard InChI is InChI=1S/C29H36FN11O4/c1-36(2)9-8-32-23(42)18-45-19-6-7-21(20(30)17-19)39-13-10-38(11-14-39)12-15-40-26-24(37(3)29(40)43)27-33-25(22-5-4-16-44-22)35-41(27)28(31)34-26/h4-7,16-17H,8-15,18H2,1-3H3,(H2,31,34)(H,32,42). The number of fused-ring (bicyclic) bond motifs is 3. The molecule has 0 unspecified atom stereocenters. The summed E-state index contributed by atoms with van der Waals surface area (Å²) in [7, 11) is 5.52. The van der Waals surface area contributed by atoms with Crippen LogP contribution in [0.25, 0.3) is 28.4 Å². The number of halogens is 1. The normalized spacial score (nSPS) is 14.2. The number of nitrogens with one attached hydrogen (secondary N) is 1. The van der Waals surface area contributed by atoms with Crippen molar-refractivity contribution in [1.29, 1.82) is 0 Å². The molecule has 1 fully saturated rings. The molecule has 6 rings (SSSR count). The predicted molar refractivity (Wildman–Crippen MR) is 166 cm³/mol. The van der Waals surface area contributed by atoms with Gasteiger partial charge in [0.1, 0.15) is 17.1 Å². The van der Waals surface area contributed by atoms with Crippen LogP contribution in [0.2, 0.25) is 0 Å². The van der Waals surface area contributed by atoms with Gasteiger partial charge in [0.05, 0.1) is 12.0 Å². The van der Waals surface area contributed by atoms with Gasteiger partial charge in [-0.05, 0) is 38.4 Å². The summed E-state index contributed by atoms with van der Waals surface area (Å²) < 4.78 is 30.4. The summed E-state index contributed by atoms with van der Waals surface area (Å²) in [5.41, 5.74) is 7.84. The molecule has 1 aliphatic rings. The first kappa shape index (κ1) is 30.1. The molecule has 16 heteroatoms. The summed E-state index contributed by atoms with van der Waals surface area (Å²) in [6.45, 7) is 4.62. The van der Waals surface area contributed by atoms with Gasteiger partial charge >= 0.3 is 5.69 Å². The highest BCUT2D eigenvalue weighted by molar-refractivity contribution is 5.88. The number of amides is 1. The lowest BCUT2D eigenvalue weighted by Gasteiger charge is -2.36. The van der Waals surface area contributed by atoms with Crippen LogP contribution < -0.4 is 26.4 Å². The summed E-state index contributed by atoms with van der Waals surface area (Å²) in [5.74, 6) is 0.569. The Hall–Kier alpha value is -4.96. The molecule has 1 aliphatic heterocycles. The Bertz CT molecular complexity index is 1870. The molecule has 0 radical (unpaired) electrons. The number of nitrogen functional groups attached to an aromatic ring is 1. The lowest BCUT2D eigenvalue weighted by molar-refractivity contribution is -0.123. The summed E-state index contributed by atoms with van der Waals surface area (Å²) in [5, 5.41) is 7.18. The van der Waals surface area contributed by atoms with Gasteiger partial charge in [-0.2, -0.15) is 9.50 Å². The summed E-state index contributed by atoms with van der Waals surface area (Å²) >= 11 is 0. The summed E-state index contributed by atoms with van der Waals surface area (Å²) in [4.78, 5) is 40.5. The van der Waals surface area contributed by atoms with Crippen LogP contribution >= 0.6 is 0 Å². The lowest BCUT2D eigenvalue weighted by atomic mass is 10.2. The highest BCUT2D eigenvalue weighted by atomic mass is 19.1. The van der Waals surface area contributed by atoms with Crippen LogP contribution in [0.15, 0.2) is 45.8 Å². The highest BCUT2D eigenvalue weighted by Gasteiger charge is 2.24. The highest BCUT2D eigenvalue weighted by Crippen LogP contribution is 2.26. The maximum absolute atomic E-state index is 15.0. The number of hydrogen-bond donors (Lipinski definition) is 2. The predicted octanol–water partition coefficient (Wildman–Crippen LogP) is 0.638. The van der Waals surface area contributed by atoms with Gasteiger partial charge in [0, 0.05) is 65.5 Å². The molecule has 3 N–H and O–H groups in total. The maximum atomic E-state index is 15.0. The van der Waals surface area contributed by atoms with Crippen molar-refractivity contribution in [2.45, 2.75) is 6.54 Å². The number of imidazole rings is 1. The van der Waals surface area contributed by atoms with Gasteiger partial charge in [-0.1, -0.05) is 0 Å². The van der Waals surface area contributed by atoms with Gasteiger partial charge < -0.3 is 30.0 Å². The second-order valence-electron chi connectivity index (χ2n) is 11.2. The number of hydrogen-bond acceptors (Lipinski definition) is 11. The average Bonchev–Trinajstić information content (AvgIpc) is 3.75. The van der Waals surface area contributed by atoms with Crippen LogP contribution in [-0.2, 0) is 18.4 Å². The number of aromatic nitrogens is 6. The van der Waals surface area contributed by atoms with Crippen molar-refractivity contribution in [3.8, 4) is 17.3 Å². The van der Waals surface area contributed by atoms with Crippen molar-refractivity contribution in [3.63, 3.8) is 0 Å². The van der Waals surface area contributed by atoms with E-state index in [-0.39, 0.29) is 24.2 Å². The van der Waals surface area contributed by atoms with Gasteiger partial charge in [-0.25, -0.2) is 14.2 Å². The van der Waals surface area contributed by atoms with Gasteiger partial charge in [-0.15, -0.1) is 5.10 Å². The van der Waals surface area contributed by atoms with E-state index in [0.29, 0.717) is 85.6 Å². The smallest absolute Gasteiger partial charge is 0.330 e. The van der Waals surface area contributed by atoms with E-state index in [2.05, 4.69) is 25.3 Å². The fourth-order valence-corrected chi connectivity index (χ4v) is 5.41. The second kappa shape index (κ2) is 12.6. The number of piperazine rings is 1. The van der Waals surface area contributed by atoms with E-state index in [1.165, 1.54) is 21.4 Å². The third-order valence-corrected chi connectivity index (χ3v) is 7.84. The third-order valence-electron chi connectivity index (χ3n) is 7.84. The summed E-state index contributed by atoms with van der Waals surface area (Å²) in [6.07, 6.45) is 1.53. The van der Waals surface area contributed by atoms with Crippen LogP contribution in [0.4, 0.5) is 16.0 Å². The van der Waals surface area contributed by atoms with Crippen molar-refractivity contribution in [1.82, 2.24) is 43.8 Å². The van der Waals surface area contributed by atoms with Gasteiger partial charge in [0.15, 0.2) is 23.7 Å². The second-order valence-corrected chi connectivity index (χ2v) is 11.2. The van der Waals surface area contributed by atoms with E-state index in [1.54, 1.807) is 35.9 Å². The number of aryl methyl sites for hydroxylation is 1. The molecule has 1 aromatic carbocycles. The zero-order valence-corrected chi connectivity index (χ0v) is 25.4. The number of benzene rings is 1. The van der Waals surface area contributed by atoms with E-state index in [4.69, 9.17) is 14.9 Å². The Labute approximate surface area is 257 Å². The number of carbonyl (C=O) groups is 1. The summed E-state index contributed by atoms with van der Waals surface area (Å²) in [6, 6.07) is 8.15. The maximum Gasteiger partial charge on any atom is 0.330 e. The Morgan fingerprint density at radius 1 is 1.13 bits per heavy atom. The fourth-order valence-electron chi connectivity index (χ4n) is 5.41. The molecule has 238 valence electrons. The minimum absolute atomic E-state index is 0.109. The lowest BCUT2D eigenvalue weighted by Crippen LogP contribution is -2.47. The molecular weight excluding hydrogens is 585 g/mol. The Kier molecular flexibility index (Phi) is 8.40. The van der Waals surface area contributed by atoms with Crippen molar-refractivity contribution in [3.05, 3.63) is 52.9 Å². The topological polar surface area (TPSA) is 157 Å². The van der Waals surface area contributed by atoms with Crippen molar-refractivity contribution < 1.29 is 18.3 Å². The molecule has 4 aromatic heterocycles. The van der Waals surface area contributed by atoms with E-state index < -0.39 is 5.82 Å². The van der Waals surface area contributed by atoms with Gasteiger partial charge in [0.25, 0.3) is 5.91 Å². The molecule has 1 amide bonds. The number of nitrogens with two attached hydrogens (primary N) is 1. The van der Waals surface area contributed by atoms with Gasteiger partial charge in [0.2, 0.25) is 11.8 Å². The Morgan fingerprint density at radius 2 is 1.93 bits per heavy atom. The number of furan rings is 1. The molecule has 1 saturated heterocycles. The molecule has 0 aliphatic carbocycles. The van der Waals surface area contributed by atoms with E-state index in [9.17, 15) is 9.59 Å². The van der Waals surface area contributed by atoms with Crippen LogP contribution in [0, 0.1) is 5.82 Å². The van der Waals surface area contributed by atoms with Crippen LogP contribution in [0.1, 0.15) is 0 Å². The van der Waals surface area contributed by atoms with E-state index >= 15 is 4.39 Å². The third kappa shape index (κ3) is 6.19. The van der Waals surface area contributed by atoms with E-state index in [0.717, 1.165) is 6.54 Å².